The van der Waals surface area contributed by atoms with Crippen LogP contribution in [-0.4, -0.2) is 56.3 Å². The zero-order valence-electron chi connectivity index (χ0n) is 18.4. The summed E-state index contributed by atoms with van der Waals surface area (Å²) >= 11 is 0. The van der Waals surface area contributed by atoms with Crippen molar-refractivity contribution in [3.63, 3.8) is 0 Å². The van der Waals surface area contributed by atoms with Crippen molar-refractivity contribution in [3.8, 4) is 5.75 Å². The van der Waals surface area contributed by atoms with Gasteiger partial charge in [0, 0.05) is 24.3 Å². The van der Waals surface area contributed by atoms with E-state index in [1.165, 1.54) is 11.8 Å². The highest BCUT2D eigenvalue weighted by Crippen LogP contribution is 2.48. The number of carbonyl (C=O) groups is 1. The first-order chi connectivity index (χ1) is 14.5. The molecular formula is C24H30N2O4S. The molecule has 1 saturated heterocycles. The van der Waals surface area contributed by atoms with Crippen molar-refractivity contribution in [3.05, 3.63) is 59.2 Å². The van der Waals surface area contributed by atoms with Crippen LogP contribution in [0.15, 0.2) is 47.4 Å². The Bertz CT molecular complexity index is 1110. The second-order valence-corrected chi connectivity index (χ2v) is 11.4. The van der Waals surface area contributed by atoms with E-state index in [1.54, 1.807) is 30.3 Å². The Morgan fingerprint density at radius 1 is 1.23 bits per heavy atom. The molecule has 1 aliphatic carbocycles. The number of likely N-dealkylation sites (tertiary alicyclic amines) is 1. The van der Waals surface area contributed by atoms with Gasteiger partial charge in [-0.05, 0) is 60.3 Å². The van der Waals surface area contributed by atoms with E-state index in [1.807, 2.05) is 12.1 Å². The molecule has 1 heterocycles. The summed E-state index contributed by atoms with van der Waals surface area (Å²) in [6.45, 7) is 5.32. The van der Waals surface area contributed by atoms with E-state index in [-0.39, 0.29) is 46.4 Å². The van der Waals surface area contributed by atoms with Crippen molar-refractivity contribution in [2.75, 3.05) is 19.8 Å². The van der Waals surface area contributed by atoms with Crippen molar-refractivity contribution >= 4 is 15.7 Å². The Morgan fingerprint density at radius 3 is 2.55 bits per heavy atom. The third-order valence-corrected chi connectivity index (χ3v) is 8.45. The maximum Gasteiger partial charge on any atom is 0.224 e. The van der Waals surface area contributed by atoms with Gasteiger partial charge in [0.1, 0.15) is 5.75 Å². The molecule has 2 aromatic carbocycles. The zero-order valence-corrected chi connectivity index (χ0v) is 19.2. The number of amides is 1. The third kappa shape index (κ3) is 3.85. The Kier molecular flexibility index (Phi) is 5.38. The van der Waals surface area contributed by atoms with Gasteiger partial charge in [0.25, 0.3) is 0 Å². The summed E-state index contributed by atoms with van der Waals surface area (Å²) in [6, 6.07) is 12.2. The number of piperidine rings is 1. The number of phenols is 1. The predicted molar refractivity (Wildman–Crippen MR) is 120 cm³/mol. The summed E-state index contributed by atoms with van der Waals surface area (Å²) in [4.78, 5) is 15.6. The highest BCUT2D eigenvalue weighted by atomic mass is 32.2. The molecule has 0 spiro atoms. The van der Waals surface area contributed by atoms with Gasteiger partial charge in [0.15, 0.2) is 9.84 Å². The number of fused-ring (bicyclic) bond motifs is 4. The zero-order chi connectivity index (χ0) is 22.6. The second-order valence-electron chi connectivity index (χ2n) is 9.37. The molecular weight excluding hydrogens is 412 g/mol. The van der Waals surface area contributed by atoms with Gasteiger partial charge in [-0.2, -0.15) is 0 Å². The number of benzene rings is 2. The van der Waals surface area contributed by atoms with Crippen LogP contribution in [0.3, 0.4) is 0 Å². The Morgan fingerprint density at radius 2 is 1.90 bits per heavy atom. The molecule has 6 nitrogen and oxygen atoms in total. The molecule has 2 aliphatic rings. The number of nitrogens with zero attached hydrogens (tertiary/aromatic N) is 1. The van der Waals surface area contributed by atoms with Gasteiger partial charge in [-0.15, -0.1) is 0 Å². The average molecular weight is 443 g/mol. The van der Waals surface area contributed by atoms with Crippen molar-refractivity contribution in [2.24, 2.45) is 5.92 Å². The number of hydrogen-bond acceptors (Lipinski definition) is 5. The molecule has 4 rings (SSSR count). The smallest absolute Gasteiger partial charge is 0.224 e. The Labute approximate surface area is 184 Å². The molecule has 7 heteroatoms. The minimum Gasteiger partial charge on any atom is -0.508 e. The first-order valence-corrected chi connectivity index (χ1v) is 12.5. The maximum atomic E-state index is 13.0. The molecule has 2 bridgehead atoms. The predicted octanol–water partition coefficient (Wildman–Crippen LogP) is 2.29. The van der Waals surface area contributed by atoms with E-state index >= 15 is 0 Å². The quantitative estimate of drug-likeness (QED) is 0.759. The maximum absolute atomic E-state index is 13.0. The number of sulfone groups is 1. The largest absolute Gasteiger partial charge is 0.508 e. The molecule has 4 atom stereocenters. The molecule has 0 aromatic heterocycles. The molecule has 2 N–H and O–H groups in total. The molecule has 166 valence electrons. The average Bonchev–Trinajstić information content (AvgIpc) is 2.69. The third-order valence-electron chi connectivity index (χ3n) is 7.32. The van der Waals surface area contributed by atoms with Crippen LogP contribution in [0, 0.1) is 5.92 Å². The number of phenolic OH excluding ortho intramolecular Hbond substituents is 1. The van der Waals surface area contributed by atoms with Gasteiger partial charge in [-0.1, -0.05) is 32.0 Å². The first kappa shape index (κ1) is 21.8. The van der Waals surface area contributed by atoms with Crippen LogP contribution in [0.5, 0.6) is 5.75 Å². The lowest BCUT2D eigenvalue weighted by Gasteiger charge is -2.58. The van der Waals surface area contributed by atoms with Gasteiger partial charge in [-0.3, -0.25) is 4.79 Å². The van der Waals surface area contributed by atoms with Crippen LogP contribution in [0.1, 0.15) is 30.5 Å². The monoisotopic (exact) mass is 442 g/mol. The van der Waals surface area contributed by atoms with Gasteiger partial charge in [0.2, 0.25) is 5.91 Å². The summed E-state index contributed by atoms with van der Waals surface area (Å²) in [5.74, 6) is 0.453. The lowest BCUT2D eigenvalue weighted by molar-refractivity contribution is -0.123. The molecule has 0 saturated carbocycles. The minimum absolute atomic E-state index is 0.0839. The molecule has 1 fully saturated rings. The fourth-order valence-electron chi connectivity index (χ4n) is 5.40. The normalized spacial score (nSPS) is 28.1. The van der Waals surface area contributed by atoms with Crippen molar-refractivity contribution < 1.29 is 18.3 Å². The van der Waals surface area contributed by atoms with Gasteiger partial charge >= 0.3 is 0 Å². The van der Waals surface area contributed by atoms with Crippen molar-refractivity contribution in [1.82, 2.24) is 10.2 Å². The lowest BCUT2D eigenvalue weighted by atomic mass is 9.57. The SMILES string of the molecule is CC1CN(C)C2Cc3ccc(O)cc3C1(C)C2NC(=O)Cc1ccc(S(C)(=O)=O)cc1. The number of carbonyl (C=O) groups excluding carboxylic acids is 1. The van der Waals surface area contributed by atoms with E-state index in [4.69, 9.17) is 0 Å². The summed E-state index contributed by atoms with van der Waals surface area (Å²) in [6.07, 6.45) is 2.18. The minimum atomic E-state index is -3.26. The van der Waals surface area contributed by atoms with Crippen LogP contribution < -0.4 is 5.32 Å². The van der Waals surface area contributed by atoms with Crippen molar-refractivity contribution in [1.29, 1.82) is 0 Å². The van der Waals surface area contributed by atoms with Gasteiger partial charge in [0.05, 0.1) is 17.4 Å². The highest BCUT2D eigenvalue weighted by molar-refractivity contribution is 7.90. The van der Waals surface area contributed by atoms with E-state index < -0.39 is 9.84 Å². The van der Waals surface area contributed by atoms with Crippen LogP contribution in [-0.2, 0) is 32.9 Å². The Balaban J connectivity index is 1.60. The Hall–Kier alpha value is -2.38. The van der Waals surface area contributed by atoms with E-state index in [0.717, 1.165) is 24.1 Å². The fraction of sp³-hybridized carbons (Fsp3) is 0.458. The molecule has 31 heavy (non-hydrogen) atoms. The first-order valence-electron chi connectivity index (χ1n) is 10.6. The fourth-order valence-corrected chi connectivity index (χ4v) is 6.03. The molecule has 0 radical (unpaired) electrons. The highest BCUT2D eigenvalue weighted by Gasteiger charge is 2.54. The summed E-state index contributed by atoms with van der Waals surface area (Å²) in [5.41, 5.74) is 2.83. The van der Waals surface area contributed by atoms with E-state index in [9.17, 15) is 18.3 Å². The lowest BCUT2D eigenvalue weighted by Crippen LogP contribution is -2.70. The molecule has 1 aliphatic heterocycles. The van der Waals surface area contributed by atoms with Gasteiger partial charge < -0.3 is 15.3 Å². The molecule has 4 unspecified atom stereocenters. The number of rotatable bonds is 4. The topological polar surface area (TPSA) is 86.7 Å². The number of likely N-dealkylation sites (N-methyl/N-ethyl adjacent to an activating group) is 1. The number of hydrogen-bond donors (Lipinski definition) is 2. The molecule has 2 aromatic rings. The standard InChI is InChI=1S/C24H30N2O4S/c1-15-14-26(3)21-12-17-7-8-18(27)13-20(17)24(15,2)23(21)25-22(28)11-16-5-9-19(10-6-16)31(4,29)30/h5-10,13,15,21,23,27H,11-12,14H2,1-4H3,(H,25,28). The van der Waals surface area contributed by atoms with E-state index in [2.05, 4.69) is 31.1 Å². The van der Waals surface area contributed by atoms with Crippen molar-refractivity contribution in [2.45, 2.75) is 49.1 Å². The second kappa shape index (κ2) is 7.64. The number of aromatic hydroxyl groups is 1. The molecule has 1 amide bonds. The summed E-state index contributed by atoms with van der Waals surface area (Å²) in [5, 5.41) is 13.4. The van der Waals surface area contributed by atoms with Crippen LogP contribution in [0.2, 0.25) is 0 Å². The van der Waals surface area contributed by atoms with Crippen LogP contribution in [0.4, 0.5) is 0 Å². The van der Waals surface area contributed by atoms with Crippen LogP contribution in [0.25, 0.3) is 0 Å². The van der Waals surface area contributed by atoms with Crippen LogP contribution >= 0.6 is 0 Å². The van der Waals surface area contributed by atoms with Gasteiger partial charge in [-0.25, -0.2) is 8.42 Å². The summed E-state index contributed by atoms with van der Waals surface area (Å²) < 4.78 is 23.3. The summed E-state index contributed by atoms with van der Waals surface area (Å²) in [7, 11) is -1.15. The number of nitrogens with one attached hydrogen (secondary N) is 1. The van der Waals surface area contributed by atoms with E-state index in [0.29, 0.717) is 0 Å².